The fourth-order valence-corrected chi connectivity index (χ4v) is 1.20. The lowest BCUT2D eigenvalue weighted by Gasteiger charge is -2.23. The first-order valence-corrected chi connectivity index (χ1v) is 5.76. The molecular weight excluding hydrogens is 190 g/mol. The third kappa shape index (κ3) is 5.74. The second-order valence-corrected chi connectivity index (χ2v) is 4.04. The number of amides is 1. The van der Waals surface area contributed by atoms with Crippen molar-refractivity contribution >= 4 is 5.91 Å². The quantitative estimate of drug-likeness (QED) is 0.653. The van der Waals surface area contributed by atoms with E-state index in [0.29, 0.717) is 19.0 Å². The largest absolute Gasteiger partial charge is 0.353 e. The molecule has 0 aromatic rings. The van der Waals surface area contributed by atoms with Gasteiger partial charge in [0.05, 0.1) is 6.04 Å². The average molecular weight is 215 g/mol. The smallest absolute Gasteiger partial charge is 0.236 e. The zero-order chi connectivity index (χ0) is 11.8. The fraction of sp³-hybridized carbons (Fsp3) is 0.909. The third-order valence-corrected chi connectivity index (χ3v) is 2.88. The second-order valence-electron chi connectivity index (χ2n) is 4.04. The lowest BCUT2D eigenvalue weighted by molar-refractivity contribution is -0.122. The molecule has 2 atom stereocenters. The molecule has 0 heterocycles. The summed E-state index contributed by atoms with van der Waals surface area (Å²) in [6, 6.07) is 0.195. The number of hydrogen-bond donors (Lipinski definition) is 2. The molecular formula is C11H25N3O. The van der Waals surface area contributed by atoms with Gasteiger partial charge >= 0.3 is 0 Å². The Morgan fingerprint density at radius 1 is 1.40 bits per heavy atom. The standard InChI is InChI=1S/C11H25N3O/c1-5-9(3)14(4)8-7-13-11(15)10(12)6-2/h9-10H,5-8,12H2,1-4H3,(H,13,15). The van der Waals surface area contributed by atoms with E-state index in [9.17, 15) is 4.79 Å². The van der Waals surface area contributed by atoms with Crippen LogP contribution in [0.15, 0.2) is 0 Å². The highest BCUT2D eigenvalue weighted by atomic mass is 16.2. The van der Waals surface area contributed by atoms with Crippen LogP contribution in [0.2, 0.25) is 0 Å². The van der Waals surface area contributed by atoms with E-state index in [1.165, 1.54) is 0 Å². The van der Waals surface area contributed by atoms with Crippen molar-refractivity contribution in [2.75, 3.05) is 20.1 Å². The SMILES string of the molecule is CCC(N)C(=O)NCCN(C)C(C)CC. The molecule has 15 heavy (non-hydrogen) atoms. The zero-order valence-corrected chi connectivity index (χ0v) is 10.4. The molecule has 0 fully saturated rings. The van der Waals surface area contributed by atoms with Crippen LogP contribution in [-0.2, 0) is 4.79 Å². The summed E-state index contributed by atoms with van der Waals surface area (Å²) in [4.78, 5) is 13.6. The maximum Gasteiger partial charge on any atom is 0.236 e. The molecule has 0 rings (SSSR count). The van der Waals surface area contributed by atoms with Gasteiger partial charge in [-0.15, -0.1) is 0 Å². The summed E-state index contributed by atoms with van der Waals surface area (Å²) < 4.78 is 0. The van der Waals surface area contributed by atoms with Gasteiger partial charge in [0, 0.05) is 19.1 Å². The average Bonchev–Trinajstić information content (AvgIpc) is 2.26. The highest BCUT2D eigenvalue weighted by Crippen LogP contribution is 1.98. The molecule has 1 amide bonds. The highest BCUT2D eigenvalue weighted by molar-refractivity contribution is 5.81. The number of hydrogen-bond acceptors (Lipinski definition) is 3. The molecule has 0 aliphatic carbocycles. The molecule has 0 saturated carbocycles. The Hall–Kier alpha value is -0.610. The molecule has 0 aromatic carbocycles. The van der Waals surface area contributed by atoms with Crippen molar-refractivity contribution in [2.24, 2.45) is 5.73 Å². The Kier molecular flexibility index (Phi) is 7.34. The molecule has 0 saturated heterocycles. The van der Waals surface area contributed by atoms with Crippen molar-refractivity contribution in [2.45, 2.75) is 45.7 Å². The number of rotatable bonds is 7. The first-order valence-electron chi connectivity index (χ1n) is 5.76. The molecule has 0 aromatic heterocycles. The Labute approximate surface area is 93.2 Å². The molecule has 0 aliphatic heterocycles. The molecule has 90 valence electrons. The molecule has 0 bridgehead atoms. The molecule has 4 nitrogen and oxygen atoms in total. The van der Waals surface area contributed by atoms with Crippen LogP contribution in [-0.4, -0.2) is 43.0 Å². The van der Waals surface area contributed by atoms with E-state index in [2.05, 4.69) is 31.1 Å². The summed E-state index contributed by atoms with van der Waals surface area (Å²) in [5, 5.41) is 2.84. The van der Waals surface area contributed by atoms with Crippen molar-refractivity contribution in [3.8, 4) is 0 Å². The monoisotopic (exact) mass is 215 g/mol. The maximum absolute atomic E-state index is 11.3. The number of nitrogens with zero attached hydrogens (tertiary/aromatic N) is 1. The predicted molar refractivity (Wildman–Crippen MR) is 63.7 cm³/mol. The van der Waals surface area contributed by atoms with Crippen LogP contribution >= 0.6 is 0 Å². The molecule has 3 N–H and O–H groups in total. The molecule has 0 spiro atoms. The molecule has 0 aliphatic rings. The van der Waals surface area contributed by atoms with E-state index < -0.39 is 0 Å². The second kappa shape index (κ2) is 7.65. The number of carbonyl (C=O) groups is 1. The Morgan fingerprint density at radius 3 is 2.47 bits per heavy atom. The van der Waals surface area contributed by atoms with Crippen LogP contribution < -0.4 is 11.1 Å². The minimum atomic E-state index is -0.362. The Morgan fingerprint density at radius 2 is 2.00 bits per heavy atom. The first kappa shape index (κ1) is 14.4. The van der Waals surface area contributed by atoms with Crippen molar-refractivity contribution in [3.05, 3.63) is 0 Å². The maximum atomic E-state index is 11.3. The first-order chi connectivity index (χ1) is 7.02. The summed E-state index contributed by atoms with van der Waals surface area (Å²) in [7, 11) is 2.07. The van der Waals surface area contributed by atoms with Gasteiger partial charge in [0.25, 0.3) is 0 Å². The number of nitrogens with one attached hydrogen (secondary N) is 1. The lowest BCUT2D eigenvalue weighted by Crippen LogP contribution is -2.43. The van der Waals surface area contributed by atoms with Gasteiger partial charge in [-0.3, -0.25) is 4.79 Å². The Balaban J connectivity index is 3.65. The van der Waals surface area contributed by atoms with Gasteiger partial charge in [0.2, 0.25) is 5.91 Å². The van der Waals surface area contributed by atoms with Crippen molar-refractivity contribution in [1.82, 2.24) is 10.2 Å². The Bertz CT molecular complexity index is 185. The van der Waals surface area contributed by atoms with Gasteiger partial charge in [-0.1, -0.05) is 13.8 Å². The summed E-state index contributed by atoms with van der Waals surface area (Å²) in [5.41, 5.74) is 5.59. The summed E-state index contributed by atoms with van der Waals surface area (Å²) in [5.74, 6) is -0.0462. The number of nitrogens with two attached hydrogens (primary N) is 1. The zero-order valence-electron chi connectivity index (χ0n) is 10.4. The molecule has 2 unspecified atom stereocenters. The van der Waals surface area contributed by atoms with E-state index in [1.54, 1.807) is 0 Å². The van der Waals surface area contributed by atoms with Gasteiger partial charge in [-0.25, -0.2) is 0 Å². The highest BCUT2D eigenvalue weighted by Gasteiger charge is 2.11. The van der Waals surface area contributed by atoms with Gasteiger partial charge in [0.1, 0.15) is 0 Å². The van der Waals surface area contributed by atoms with Crippen molar-refractivity contribution in [1.29, 1.82) is 0 Å². The molecule has 0 radical (unpaired) electrons. The molecule has 4 heteroatoms. The van der Waals surface area contributed by atoms with E-state index in [-0.39, 0.29) is 11.9 Å². The lowest BCUT2D eigenvalue weighted by atomic mass is 10.2. The number of likely N-dealkylation sites (N-methyl/N-ethyl adjacent to an activating group) is 1. The van der Waals surface area contributed by atoms with Crippen LogP contribution in [0.1, 0.15) is 33.6 Å². The van der Waals surface area contributed by atoms with Crippen molar-refractivity contribution in [3.63, 3.8) is 0 Å². The predicted octanol–water partition coefficient (Wildman–Crippen LogP) is 0.570. The van der Waals surface area contributed by atoms with Crippen molar-refractivity contribution < 1.29 is 4.79 Å². The number of carbonyl (C=O) groups excluding carboxylic acids is 1. The van der Waals surface area contributed by atoms with E-state index in [4.69, 9.17) is 5.73 Å². The van der Waals surface area contributed by atoms with E-state index in [1.807, 2.05) is 6.92 Å². The van der Waals surface area contributed by atoms with Crippen LogP contribution in [0.25, 0.3) is 0 Å². The topological polar surface area (TPSA) is 58.4 Å². The minimum Gasteiger partial charge on any atom is -0.353 e. The van der Waals surface area contributed by atoms with Gasteiger partial charge in [-0.05, 0) is 26.8 Å². The van der Waals surface area contributed by atoms with Crippen LogP contribution in [0.4, 0.5) is 0 Å². The van der Waals surface area contributed by atoms with E-state index in [0.717, 1.165) is 13.0 Å². The van der Waals surface area contributed by atoms with Crippen LogP contribution in [0.3, 0.4) is 0 Å². The van der Waals surface area contributed by atoms with Gasteiger partial charge in [-0.2, -0.15) is 0 Å². The summed E-state index contributed by atoms with van der Waals surface area (Å²) in [6.45, 7) is 7.80. The summed E-state index contributed by atoms with van der Waals surface area (Å²) in [6.07, 6.45) is 1.81. The van der Waals surface area contributed by atoms with Gasteiger partial charge < -0.3 is 16.0 Å². The summed E-state index contributed by atoms with van der Waals surface area (Å²) >= 11 is 0. The van der Waals surface area contributed by atoms with Crippen LogP contribution in [0, 0.1) is 0 Å². The third-order valence-electron chi connectivity index (χ3n) is 2.88. The normalized spacial score (nSPS) is 15.1. The minimum absolute atomic E-state index is 0.0462. The van der Waals surface area contributed by atoms with E-state index >= 15 is 0 Å². The fourth-order valence-electron chi connectivity index (χ4n) is 1.20. The van der Waals surface area contributed by atoms with Crippen LogP contribution in [0.5, 0.6) is 0 Å². The van der Waals surface area contributed by atoms with Gasteiger partial charge in [0.15, 0.2) is 0 Å².